The lowest BCUT2D eigenvalue weighted by Gasteiger charge is -2.20. The molecule has 1 heterocycles. The lowest BCUT2D eigenvalue weighted by Crippen LogP contribution is -2.33. The average molecular weight is 209 g/mol. The van der Waals surface area contributed by atoms with E-state index in [2.05, 4.69) is 61.2 Å². The SMILES string of the molecule is CC(C)N(C)CCNCc1ccn(C)c1. The summed E-state index contributed by atoms with van der Waals surface area (Å²) in [4.78, 5) is 2.35. The zero-order valence-electron chi connectivity index (χ0n) is 10.3. The first-order valence-electron chi connectivity index (χ1n) is 5.61. The van der Waals surface area contributed by atoms with Gasteiger partial charge in [-0.05, 0) is 32.5 Å². The molecule has 15 heavy (non-hydrogen) atoms. The summed E-state index contributed by atoms with van der Waals surface area (Å²) in [6, 6.07) is 2.78. The largest absolute Gasteiger partial charge is 0.357 e. The molecule has 0 amide bonds. The third-order valence-electron chi connectivity index (χ3n) is 2.75. The van der Waals surface area contributed by atoms with Crippen LogP contribution in [0.5, 0.6) is 0 Å². The standard InChI is InChI=1S/C12H23N3/c1-11(2)15(4)8-6-13-9-12-5-7-14(3)10-12/h5,7,10-11,13H,6,8-9H2,1-4H3. The summed E-state index contributed by atoms with van der Waals surface area (Å²) in [5, 5.41) is 3.45. The molecule has 0 unspecified atom stereocenters. The maximum Gasteiger partial charge on any atom is 0.0221 e. The fraction of sp³-hybridized carbons (Fsp3) is 0.667. The molecule has 0 saturated carbocycles. The quantitative estimate of drug-likeness (QED) is 0.716. The number of rotatable bonds is 6. The fourth-order valence-corrected chi connectivity index (χ4v) is 1.41. The third kappa shape index (κ3) is 4.49. The molecule has 0 saturated heterocycles. The van der Waals surface area contributed by atoms with Crippen molar-refractivity contribution in [3.05, 3.63) is 24.0 Å². The van der Waals surface area contributed by atoms with Gasteiger partial charge in [0.25, 0.3) is 0 Å². The summed E-state index contributed by atoms with van der Waals surface area (Å²) in [5.74, 6) is 0. The molecule has 3 nitrogen and oxygen atoms in total. The molecular formula is C12H23N3. The van der Waals surface area contributed by atoms with Crippen LogP contribution in [0.1, 0.15) is 19.4 Å². The van der Waals surface area contributed by atoms with Crippen molar-refractivity contribution in [2.24, 2.45) is 7.05 Å². The summed E-state index contributed by atoms with van der Waals surface area (Å²) >= 11 is 0. The van der Waals surface area contributed by atoms with Crippen LogP contribution in [0.25, 0.3) is 0 Å². The Hall–Kier alpha value is -0.800. The van der Waals surface area contributed by atoms with Gasteiger partial charge in [-0.25, -0.2) is 0 Å². The van der Waals surface area contributed by atoms with Gasteiger partial charge < -0.3 is 14.8 Å². The van der Waals surface area contributed by atoms with Gasteiger partial charge in [0.1, 0.15) is 0 Å². The van der Waals surface area contributed by atoms with E-state index in [1.807, 2.05) is 0 Å². The lowest BCUT2D eigenvalue weighted by atomic mass is 10.3. The Balaban J connectivity index is 2.12. The fourth-order valence-electron chi connectivity index (χ4n) is 1.41. The summed E-state index contributed by atoms with van der Waals surface area (Å²) < 4.78 is 2.08. The second kappa shape index (κ2) is 5.93. The van der Waals surface area contributed by atoms with Gasteiger partial charge in [-0.2, -0.15) is 0 Å². The van der Waals surface area contributed by atoms with Crippen molar-refractivity contribution < 1.29 is 0 Å². The van der Waals surface area contributed by atoms with Gasteiger partial charge in [0.2, 0.25) is 0 Å². The average Bonchev–Trinajstić information content (AvgIpc) is 2.58. The van der Waals surface area contributed by atoms with Crippen molar-refractivity contribution in [3.8, 4) is 0 Å². The topological polar surface area (TPSA) is 20.2 Å². The zero-order valence-corrected chi connectivity index (χ0v) is 10.3. The van der Waals surface area contributed by atoms with Crippen LogP contribution < -0.4 is 5.32 Å². The minimum absolute atomic E-state index is 0.628. The van der Waals surface area contributed by atoms with Crippen LogP contribution in [0, 0.1) is 0 Å². The number of hydrogen-bond donors (Lipinski definition) is 1. The summed E-state index contributed by atoms with van der Waals surface area (Å²) in [5.41, 5.74) is 1.35. The molecule has 0 aromatic carbocycles. The van der Waals surface area contributed by atoms with Crippen molar-refractivity contribution in [2.75, 3.05) is 20.1 Å². The van der Waals surface area contributed by atoms with E-state index in [4.69, 9.17) is 0 Å². The number of likely N-dealkylation sites (N-methyl/N-ethyl adjacent to an activating group) is 1. The molecule has 0 atom stereocenters. The van der Waals surface area contributed by atoms with E-state index in [0.717, 1.165) is 19.6 Å². The zero-order chi connectivity index (χ0) is 11.3. The van der Waals surface area contributed by atoms with E-state index >= 15 is 0 Å². The highest BCUT2D eigenvalue weighted by Crippen LogP contribution is 1.98. The van der Waals surface area contributed by atoms with Crippen molar-refractivity contribution in [1.82, 2.24) is 14.8 Å². The maximum absolute atomic E-state index is 3.45. The van der Waals surface area contributed by atoms with Gasteiger partial charge >= 0.3 is 0 Å². The lowest BCUT2D eigenvalue weighted by molar-refractivity contribution is 0.273. The molecule has 0 aliphatic rings. The van der Waals surface area contributed by atoms with Crippen LogP contribution in [0.2, 0.25) is 0 Å². The van der Waals surface area contributed by atoms with E-state index in [1.165, 1.54) is 5.56 Å². The minimum Gasteiger partial charge on any atom is -0.357 e. The molecule has 1 aromatic heterocycles. The highest BCUT2D eigenvalue weighted by atomic mass is 15.1. The molecule has 0 aliphatic carbocycles. The van der Waals surface area contributed by atoms with Gasteiger partial charge in [0, 0.05) is 45.1 Å². The van der Waals surface area contributed by atoms with Crippen LogP contribution in [0.4, 0.5) is 0 Å². The van der Waals surface area contributed by atoms with E-state index in [9.17, 15) is 0 Å². The number of nitrogens with one attached hydrogen (secondary N) is 1. The predicted octanol–water partition coefficient (Wildman–Crippen LogP) is 1.45. The summed E-state index contributed by atoms with van der Waals surface area (Å²) in [6.07, 6.45) is 4.23. The minimum atomic E-state index is 0.628. The maximum atomic E-state index is 3.45. The van der Waals surface area contributed by atoms with E-state index in [0.29, 0.717) is 6.04 Å². The molecule has 1 N–H and O–H groups in total. The Morgan fingerprint density at radius 1 is 1.47 bits per heavy atom. The molecule has 1 aromatic rings. The second-order valence-corrected chi connectivity index (χ2v) is 4.44. The van der Waals surface area contributed by atoms with Gasteiger partial charge in [-0.1, -0.05) is 0 Å². The molecule has 0 radical (unpaired) electrons. The molecule has 0 bridgehead atoms. The molecule has 1 rings (SSSR count). The van der Waals surface area contributed by atoms with Crippen molar-refractivity contribution in [1.29, 1.82) is 0 Å². The molecule has 0 fully saturated rings. The molecular weight excluding hydrogens is 186 g/mol. The number of nitrogens with zero attached hydrogens (tertiary/aromatic N) is 2. The van der Waals surface area contributed by atoms with E-state index < -0.39 is 0 Å². The van der Waals surface area contributed by atoms with E-state index in [-0.39, 0.29) is 0 Å². The number of aryl methyl sites for hydroxylation is 1. The first-order chi connectivity index (χ1) is 7.09. The monoisotopic (exact) mass is 209 g/mol. The smallest absolute Gasteiger partial charge is 0.0221 e. The third-order valence-corrected chi connectivity index (χ3v) is 2.75. The Bertz CT molecular complexity index is 278. The Morgan fingerprint density at radius 2 is 2.20 bits per heavy atom. The highest BCUT2D eigenvalue weighted by molar-refractivity contribution is 5.09. The van der Waals surface area contributed by atoms with E-state index in [1.54, 1.807) is 0 Å². The van der Waals surface area contributed by atoms with Gasteiger partial charge in [-0.15, -0.1) is 0 Å². The molecule has 86 valence electrons. The Labute approximate surface area is 93.1 Å². The second-order valence-electron chi connectivity index (χ2n) is 4.44. The van der Waals surface area contributed by atoms with Gasteiger partial charge in [0.15, 0.2) is 0 Å². The molecule has 0 aliphatic heterocycles. The summed E-state index contributed by atoms with van der Waals surface area (Å²) in [7, 11) is 4.21. The van der Waals surface area contributed by atoms with Crippen LogP contribution in [0.3, 0.4) is 0 Å². The summed E-state index contributed by atoms with van der Waals surface area (Å²) in [6.45, 7) is 7.55. The van der Waals surface area contributed by atoms with Crippen molar-refractivity contribution in [3.63, 3.8) is 0 Å². The first-order valence-corrected chi connectivity index (χ1v) is 5.61. The Morgan fingerprint density at radius 3 is 2.73 bits per heavy atom. The number of aromatic nitrogens is 1. The van der Waals surface area contributed by atoms with Crippen molar-refractivity contribution >= 4 is 0 Å². The predicted molar refractivity (Wildman–Crippen MR) is 64.9 cm³/mol. The number of hydrogen-bond acceptors (Lipinski definition) is 2. The Kier molecular flexibility index (Phi) is 4.85. The van der Waals surface area contributed by atoms with Crippen LogP contribution in [-0.4, -0.2) is 35.6 Å². The highest BCUT2D eigenvalue weighted by Gasteiger charge is 2.01. The molecule has 0 spiro atoms. The molecule has 3 heteroatoms. The normalized spacial score (nSPS) is 11.6. The van der Waals surface area contributed by atoms with Crippen LogP contribution in [0.15, 0.2) is 18.5 Å². The van der Waals surface area contributed by atoms with Crippen molar-refractivity contribution in [2.45, 2.75) is 26.4 Å². The van der Waals surface area contributed by atoms with Crippen LogP contribution in [-0.2, 0) is 13.6 Å². The van der Waals surface area contributed by atoms with Gasteiger partial charge in [-0.3, -0.25) is 0 Å². The van der Waals surface area contributed by atoms with Crippen LogP contribution >= 0.6 is 0 Å². The first kappa shape index (κ1) is 12.3. The van der Waals surface area contributed by atoms with Gasteiger partial charge in [0.05, 0.1) is 0 Å².